The molecule has 8 heteroatoms. The van der Waals surface area contributed by atoms with E-state index in [1.807, 2.05) is 95.5 Å². The molecule has 2 amide bonds. The lowest BCUT2D eigenvalue weighted by Gasteiger charge is -2.23. The van der Waals surface area contributed by atoms with E-state index >= 15 is 0 Å². The van der Waals surface area contributed by atoms with Gasteiger partial charge < -0.3 is 10.6 Å². The SMILES string of the molecule is CC(C)CNc1nc(N(Cc2ccccc2)C(=O)c2ccccc2)cn2c(-c3ccc(C(=O)NC4CC4)cc3)cnc12. The van der Waals surface area contributed by atoms with Crippen molar-refractivity contribution in [2.75, 3.05) is 16.8 Å². The molecule has 2 N–H and O–H groups in total. The van der Waals surface area contributed by atoms with Crippen LogP contribution in [0, 0.1) is 5.92 Å². The molecule has 0 unspecified atom stereocenters. The number of nitrogens with one attached hydrogen (secondary N) is 2. The van der Waals surface area contributed by atoms with Crippen LogP contribution in [0.15, 0.2) is 97.3 Å². The lowest BCUT2D eigenvalue weighted by atomic mass is 10.1. The number of hydrogen-bond donors (Lipinski definition) is 2. The zero-order valence-corrected chi connectivity index (χ0v) is 23.8. The van der Waals surface area contributed by atoms with Gasteiger partial charge in [-0.05, 0) is 48.6 Å². The van der Waals surface area contributed by atoms with E-state index < -0.39 is 0 Å². The van der Waals surface area contributed by atoms with Gasteiger partial charge in [-0.3, -0.25) is 18.9 Å². The van der Waals surface area contributed by atoms with Gasteiger partial charge in [-0.1, -0.05) is 74.5 Å². The number of nitrogens with zero attached hydrogens (tertiary/aromatic N) is 4. The molecule has 0 radical (unpaired) electrons. The normalized spacial score (nSPS) is 12.8. The molecule has 1 fully saturated rings. The first-order valence-corrected chi connectivity index (χ1v) is 14.4. The topological polar surface area (TPSA) is 91.6 Å². The second kappa shape index (κ2) is 11.9. The monoisotopic (exact) mass is 558 g/mol. The molecule has 3 aromatic carbocycles. The van der Waals surface area contributed by atoms with Crippen LogP contribution in [-0.4, -0.2) is 38.8 Å². The molecule has 0 atom stereocenters. The van der Waals surface area contributed by atoms with Crippen molar-refractivity contribution in [3.63, 3.8) is 0 Å². The molecule has 8 nitrogen and oxygen atoms in total. The van der Waals surface area contributed by atoms with Crippen LogP contribution in [-0.2, 0) is 6.54 Å². The Morgan fingerprint density at radius 1 is 0.929 bits per heavy atom. The highest BCUT2D eigenvalue weighted by Gasteiger charge is 2.25. The highest BCUT2D eigenvalue weighted by atomic mass is 16.2. The maximum absolute atomic E-state index is 13.9. The van der Waals surface area contributed by atoms with E-state index in [2.05, 4.69) is 24.5 Å². The number of carbonyl (C=O) groups is 2. The van der Waals surface area contributed by atoms with Crippen LogP contribution >= 0.6 is 0 Å². The number of anilines is 2. The molecular weight excluding hydrogens is 524 g/mol. The standard InChI is InChI=1S/C34H34N6O2/c1-23(2)19-35-31-32-36-20-29(25-13-15-26(16-14-25)33(41)37-28-17-18-28)39(32)22-30(38-31)40(21-24-9-5-3-6-10-24)34(42)27-11-7-4-8-12-27/h3-16,20,22-23,28H,17-19,21H2,1-2H3,(H,35,38)(H,37,41). The lowest BCUT2D eigenvalue weighted by Crippen LogP contribution is -2.31. The zero-order chi connectivity index (χ0) is 29.1. The first kappa shape index (κ1) is 27.2. The minimum Gasteiger partial charge on any atom is -0.367 e. The van der Waals surface area contributed by atoms with Gasteiger partial charge in [0.05, 0.1) is 24.6 Å². The Hall–Kier alpha value is -4.98. The second-order valence-electron chi connectivity index (χ2n) is 11.1. The van der Waals surface area contributed by atoms with E-state index in [0.717, 1.165) is 29.7 Å². The predicted octanol–water partition coefficient (Wildman–Crippen LogP) is 6.20. The van der Waals surface area contributed by atoms with Crippen molar-refractivity contribution in [3.8, 4) is 11.3 Å². The first-order valence-electron chi connectivity index (χ1n) is 14.4. The number of benzene rings is 3. The fourth-order valence-electron chi connectivity index (χ4n) is 4.79. The Balaban J connectivity index is 1.43. The van der Waals surface area contributed by atoms with Crippen LogP contribution in [0.1, 0.15) is 53.0 Å². The molecular formula is C34H34N6O2. The number of amides is 2. The first-order chi connectivity index (χ1) is 20.5. The zero-order valence-electron chi connectivity index (χ0n) is 23.8. The van der Waals surface area contributed by atoms with Crippen LogP contribution in [0.5, 0.6) is 0 Å². The summed E-state index contributed by atoms with van der Waals surface area (Å²) >= 11 is 0. The molecule has 1 aliphatic rings. The molecule has 6 rings (SSSR count). The summed E-state index contributed by atoms with van der Waals surface area (Å²) < 4.78 is 1.97. The van der Waals surface area contributed by atoms with Crippen LogP contribution in [0.3, 0.4) is 0 Å². The number of hydrogen-bond acceptors (Lipinski definition) is 5. The summed E-state index contributed by atoms with van der Waals surface area (Å²) in [6, 6.07) is 27.0. The fraction of sp³-hybridized carbons (Fsp3) is 0.235. The molecule has 42 heavy (non-hydrogen) atoms. The van der Waals surface area contributed by atoms with Gasteiger partial charge in [0, 0.05) is 29.3 Å². The number of rotatable bonds is 10. The van der Waals surface area contributed by atoms with Gasteiger partial charge in [0.25, 0.3) is 11.8 Å². The molecule has 1 aliphatic carbocycles. The van der Waals surface area contributed by atoms with Crippen molar-refractivity contribution in [2.24, 2.45) is 5.92 Å². The van der Waals surface area contributed by atoms with Gasteiger partial charge in [0.2, 0.25) is 0 Å². The maximum Gasteiger partial charge on any atom is 0.259 e. The summed E-state index contributed by atoms with van der Waals surface area (Å²) in [4.78, 5) is 37.9. The van der Waals surface area contributed by atoms with Crippen molar-refractivity contribution in [3.05, 3.63) is 114 Å². The summed E-state index contributed by atoms with van der Waals surface area (Å²) in [5.74, 6) is 1.29. The Morgan fingerprint density at radius 2 is 1.62 bits per heavy atom. The third kappa shape index (κ3) is 6.02. The summed E-state index contributed by atoms with van der Waals surface area (Å²) in [5.41, 5.74) is 4.60. The Morgan fingerprint density at radius 3 is 2.29 bits per heavy atom. The van der Waals surface area contributed by atoms with Gasteiger partial charge in [-0.2, -0.15) is 0 Å². The highest BCUT2D eigenvalue weighted by molar-refractivity contribution is 6.05. The largest absolute Gasteiger partial charge is 0.367 e. The summed E-state index contributed by atoms with van der Waals surface area (Å²) in [6.45, 7) is 5.31. The van der Waals surface area contributed by atoms with Gasteiger partial charge >= 0.3 is 0 Å². The van der Waals surface area contributed by atoms with Gasteiger partial charge in [0.1, 0.15) is 0 Å². The average molecular weight is 559 g/mol. The number of imidazole rings is 1. The second-order valence-corrected chi connectivity index (χ2v) is 11.1. The van der Waals surface area contributed by atoms with Gasteiger partial charge in [-0.15, -0.1) is 0 Å². The molecule has 0 bridgehead atoms. The molecule has 0 saturated heterocycles. The fourth-order valence-corrected chi connectivity index (χ4v) is 4.79. The number of fused-ring (bicyclic) bond motifs is 1. The number of carbonyl (C=O) groups excluding carboxylic acids is 2. The number of aromatic nitrogens is 3. The van der Waals surface area contributed by atoms with E-state index in [4.69, 9.17) is 9.97 Å². The Bertz CT molecular complexity index is 1690. The third-order valence-electron chi connectivity index (χ3n) is 7.24. The Labute approximate surface area is 245 Å². The van der Waals surface area contributed by atoms with Crippen LogP contribution < -0.4 is 15.5 Å². The third-order valence-corrected chi connectivity index (χ3v) is 7.24. The van der Waals surface area contributed by atoms with E-state index in [1.165, 1.54) is 0 Å². The molecule has 2 heterocycles. The average Bonchev–Trinajstić information content (AvgIpc) is 3.74. The summed E-state index contributed by atoms with van der Waals surface area (Å²) in [5, 5.41) is 6.49. The maximum atomic E-state index is 13.9. The van der Waals surface area contributed by atoms with Crippen molar-refractivity contribution < 1.29 is 9.59 Å². The minimum atomic E-state index is -0.145. The molecule has 2 aromatic heterocycles. The Kier molecular flexibility index (Phi) is 7.68. The van der Waals surface area contributed by atoms with Gasteiger partial charge in [-0.25, -0.2) is 9.97 Å². The molecule has 5 aromatic rings. The van der Waals surface area contributed by atoms with E-state index in [1.54, 1.807) is 11.1 Å². The van der Waals surface area contributed by atoms with E-state index in [9.17, 15) is 9.59 Å². The summed E-state index contributed by atoms with van der Waals surface area (Å²) in [7, 11) is 0. The van der Waals surface area contributed by atoms with E-state index in [-0.39, 0.29) is 11.8 Å². The minimum absolute atomic E-state index is 0.0511. The molecule has 1 saturated carbocycles. The molecule has 0 aliphatic heterocycles. The van der Waals surface area contributed by atoms with Crippen molar-refractivity contribution in [1.82, 2.24) is 19.7 Å². The van der Waals surface area contributed by atoms with Crippen LogP contribution in [0.2, 0.25) is 0 Å². The smallest absolute Gasteiger partial charge is 0.259 e. The quantitative estimate of drug-likeness (QED) is 0.213. The van der Waals surface area contributed by atoms with Crippen molar-refractivity contribution >= 4 is 29.1 Å². The molecule has 212 valence electrons. The van der Waals surface area contributed by atoms with Crippen LogP contribution in [0.25, 0.3) is 16.9 Å². The highest BCUT2D eigenvalue weighted by Crippen LogP contribution is 2.29. The van der Waals surface area contributed by atoms with Gasteiger partial charge in [0.15, 0.2) is 17.3 Å². The van der Waals surface area contributed by atoms with Crippen LogP contribution in [0.4, 0.5) is 11.6 Å². The van der Waals surface area contributed by atoms with E-state index in [0.29, 0.717) is 53.5 Å². The predicted molar refractivity (Wildman–Crippen MR) is 166 cm³/mol. The van der Waals surface area contributed by atoms with Crippen molar-refractivity contribution in [1.29, 1.82) is 0 Å². The molecule has 0 spiro atoms. The van der Waals surface area contributed by atoms with Crippen molar-refractivity contribution in [2.45, 2.75) is 39.3 Å². The summed E-state index contributed by atoms with van der Waals surface area (Å²) in [6.07, 6.45) is 5.77. The lowest BCUT2D eigenvalue weighted by molar-refractivity contribution is 0.0949.